The molecule has 0 aliphatic heterocycles. The molecule has 0 aromatic heterocycles. The third kappa shape index (κ3) is 13.1. The molecule has 1 aromatic carbocycles. The van der Waals surface area contributed by atoms with Gasteiger partial charge in [-0.05, 0) is 25.0 Å². The van der Waals surface area contributed by atoms with Gasteiger partial charge in [0, 0.05) is 12.8 Å². The Balaban J connectivity index is 2.29. The van der Waals surface area contributed by atoms with Gasteiger partial charge in [0.25, 0.3) is 0 Å². The van der Waals surface area contributed by atoms with Gasteiger partial charge < -0.3 is 9.47 Å². The van der Waals surface area contributed by atoms with Gasteiger partial charge in [0.2, 0.25) is 0 Å². The molecule has 0 fully saturated rings. The zero-order chi connectivity index (χ0) is 21.2. The monoisotopic (exact) mass is 404 g/mol. The first-order valence-corrected chi connectivity index (χ1v) is 11.7. The third-order valence-electron chi connectivity index (χ3n) is 5.02. The Bertz CT molecular complexity index is 568. The molecular weight excluding hydrogens is 364 g/mol. The van der Waals surface area contributed by atoms with Gasteiger partial charge in [0.15, 0.2) is 11.5 Å². The molecule has 29 heavy (non-hydrogen) atoms. The van der Waals surface area contributed by atoms with Crippen LogP contribution in [0, 0.1) is 0 Å². The lowest BCUT2D eigenvalue weighted by molar-refractivity contribution is -0.137. The molecule has 0 saturated carbocycles. The van der Waals surface area contributed by atoms with E-state index in [1.54, 1.807) is 24.3 Å². The first kappa shape index (κ1) is 25.2. The highest BCUT2D eigenvalue weighted by atomic mass is 16.6. The molecule has 1 rings (SSSR count). The van der Waals surface area contributed by atoms with Crippen LogP contribution in [0.2, 0.25) is 0 Å². The molecule has 4 heteroatoms. The summed E-state index contributed by atoms with van der Waals surface area (Å²) in [6, 6.07) is 6.91. The van der Waals surface area contributed by atoms with Gasteiger partial charge in [-0.3, -0.25) is 9.59 Å². The summed E-state index contributed by atoms with van der Waals surface area (Å²) in [5.41, 5.74) is 0. The van der Waals surface area contributed by atoms with Crippen molar-refractivity contribution < 1.29 is 19.1 Å². The molecule has 0 aliphatic carbocycles. The Morgan fingerprint density at radius 2 is 0.931 bits per heavy atom. The lowest BCUT2D eigenvalue weighted by atomic mass is 10.1. The Hall–Kier alpha value is -1.84. The van der Waals surface area contributed by atoms with Crippen LogP contribution < -0.4 is 9.47 Å². The molecule has 1 aromatic rings. The molecule has 0 aliphatic rings. The molecule has 0 unspecified atom stereocenters. The van der Waals surface area contributed by atoms with Crippen LogP contribution in [0.4, 0.5) is 0 Å². The van der Waals surface area contributed by atoms with E-state index in [1.165, 1.54) is 51.4 Å². The Labute approximate surface area is 177 Å². The predicted octanol–water partition coefficient (Wildman–Crippen LogP) is 7.39. The van der Waals surface area contributed by atoms with Crippen molar-refractivity contribution in [2.24, 2.45) is 0 Å². The molecule has 0 N–H and O–H groups in total. The quantitative estimate of drug-likeness (QED) is 0.154. The van der Waals surface area contributed by atoms with Crippen molar-refractivity contribution in [3.63, 3.8) is 0 Å². The highest BCUT2D eigenvalue weighted by Crippen LogP contribution is 2.27. The molecule has 0 spiro atoms. The van der Waals surface area contributed by atoms with E-state index in [4.69, 9.17) is 9.47 Å². The van der Waals surface area contributed by atoms with Gasteiger partial charge in [-0.1, -0.05) is 96.6 Å². The minimum absolute atomic E-state index is 0.266. The van der Waals surface area contributed by atoms with Gasteiger partial charge in [-0.15, -0.1) is 0 Å². The van der Waals surface area contributed by atoms with Crippen LogP contribution >= 0.6 is 0 Å². The van der Waals surface area contributed by atoms with Crippen molar-refractivity contribution >= 4 is 11.9 Å². The maximum Gasteiger partial charge on any atom is 0.311 e. The van der Waals surface area contributed by atoms with E-state index in [0.29, 0.717) is 24.3 Å². The van der Waals surface area contributed by atoms with Crippen molar-refractivity contribution in [1.29, 1.82) is 0 Å². The summed E-state index contributed by atoms with van der Waals surface area (Å²) >= 11 is 0. The second kappa shape index (κ2) is 17.1. The molecule has 0 radical (unpaired) electrons. The SMILES string of the molecule is CCCCCCCCCC(=O)Oc1ccccc1OC(=O)CCCCCCCC. The maximum atomic E-state index is 12.1. The second-order valence-electron chi connectivity index (χ2n) is 7.78. The topological polar surface area (TPSA) is 52.6 Å². The number of ether oxygens (including phenoxy) is 2. The molecule has 0 amide bonds. The molecule has 164 valence electrons. The molecular formula is C25H40O4. The van der Waals surface area contributed by atoms with Crippen LogP contribution in [0.5, 0.6) is 11.5 Å². The Kier molecular flexibility index (Phi) is 14.8. The number of para-hydroxylation sites is 2. The molecule has 0 bridgehead atoms. The van der Waals surface area contributed by atoms with Crippen LogP contribution in [-0.2, 0) is 9.59 Å². The van der Waals surface area contributed by atoms with E-state index >= 15 is 0 Å². The van der Waals surface area contributed by atoms with E-state index in [9.17, 15) is 9.59 Å². The van der Waals surface area contributed by atoms with Crippen LogP contribution in [0.1, 0.15) is 110 Å². The van der Waals surface area contributed by atoms with Crippen molar-refractivity contribution in [1.82, 2.24) is 0 Å². The Morgan fingerprint density at radius 3 is 1.31 bits per heavy atom. The summed E-state index contributed by atoms with van der Waals surface area (Å²) in [6.45, 7) is 4.40. The minimum Gasteiger partial charge on any atom is -0.423 e. The standard InChI is InChI=1S/C25H40O4/c1-3-5-7-9-11-13-15-21-25(27)29-23-19-17-16-18-22(23)28-24(26)20-14-12-10-8-6-4-2/h16-19H,3-15,20-21H2,1-2H3. The summed E-state index contributed by atoms with van der Waals surface area (Å²) in [5.74, 6) is 0.127. The number of unbranched alkanes of at least 4 members (excludes halogenated alkanes) is 11. The zero-order valence-electron chi connectivity index (χ0n) is 18.5. The fraction of sp³-hybridized carbons (Fsp3) is 0.680. The van der Waals surface area contributed by atoms with Crippen LogP contribution in [0.15, 0.2) is 24.3 Å². The van der Waals surface area contributed by atoms with Gasteiger partial charge in [-0.25, -0.2) is 0 Å². The predicted molar refractivity (Wildman–Crippen MR) is 118 cm³/mol. The number of benzene rings is 1. The summed E-state index contributed by atoms with van der Waals surface area (Å²) in [6.07, 6.45) is 15.6. The average molecular weight is 405 g/mol. The first-order valence-electron chi connectivity index (χ1n) is 11.7. The van der Waals surface area contributed by atoms with E-state index in [1.807, 2.05) is 0 Å². The highest BCUT2D eigenvalue weighted by molar-refractivity contribution is 5.76. The van der Waals surface area contributed by atoms with Crippen molar-refractivity contribution in [3.8, 4) is 11.5 Å². The van der Waals surface area contributed by atoms with E-state index in [-0.39, 0.29) is 11.9 Å². The number of carbonyl (C=O) groups is 2. The summed E-state index contributed by atoms with van der Waals surface area (Å²) in [5, 5.41) is 0. The largest absolute Gasteiger partial charge is 0.423 e. The number of rotatable bonds is 17. The van der Waals surface area contributed by atoms with Crippen molar-refractivity contribution in [3.05, 3.63) is 24.3 Å². The van der Waals surface area contributed by atoms with E-state index < -0.39 is 0 Å². The lowest BCUT2D eigenvalue weighted by Crippen LogP contribution is -2.12. The number of carbonyl (C=O) groups excluding carboxylic acids is 2. The van der Waals surface area contributed by atoms with Gasteiger partial charge >= 0.3 is 11.9 Å². The van der Waals surface area contributed by atoms with Crippen molar-refractivity contribution in [2.75, 3.05) is 0 Å². The third-order valence-corrected chi connectivity index (χ3v) is 5.02. The normalized spacial score (nSPS) is 10.7. The molecule has 0 atom stereocenters. The lowest BCUT2D eigenvalue weighted by Gasteiger charge is -2.10. The number of esters is 2. The summed E-state index contributed by atoms with van der Waals surface area (Å²) in [7, 11) is 0. The fourth-order valence-electron chi connectivity index (χ4n) is 3.24. The maximum absolute atomic E-state index is 12.1. The van der Waals surface area contributed by atoms with Crippen LogP contribution in [0.3, 0.4) is 0 Å². The van der Waals surface area contributed by atoms with Gasteiger partial charge in [-0.2, -0.15) is 0 Å². The number of hydrogen-bond acceptors (Lipinski definition) is 4. The second-order valence-corrected chi connectivity index (χ2v) is 7.78. The number of hydrogen-bond donors (Lipinski definition) is 0. The summed E-state index contributed by atoms with van der Waals surface area (Å²) < 4.78 is 10.9. The fourth-order valence-corrected chi connectivity index (χ4v) is 3.24. The Morgan fingerprint density at radius 1 is 0.586 bits per heavy atom. The van der Waals surface area contributed by atoms with Crippen molar-refractivity contribution in [2.45, 2.75) is 110 Å². The van der Waals surface area contributed by atoms with Crippen LogP contribution in [-0.4, -0.2) is 11.9 Å². The molecule has 0 heterocycles. The summed E-state index contributed by atoms with van der Waals surface area (Å²) in [4.78, 5) is 24.2. The smallest absolute Gasteiger partial charge is 0.311 e. The van der Waals surface area contributed by atoms with Gasteiger partial charge in [0.05, 0.1) is 0 Å². The van der Waals surface area contributed by atoms with E-state index in [2.05, 4.69) is 13.8 Å². The highest BCUT2D eigenvalue weighted by Gasteiger charge is 2.13. The average Bonchev–Trinajstić information content (AvgIpc) is 2.71. The zero-order valence-corrected chi connectivity index (χ0v) is 18.5. The van der Waals surface area contributed by atoms with E-state index in [0.717, 1.165) is 32.1 Å². The molecule has 4 nitrogen and oxygen atoms in total. The van der Waals surface area contributed by atoms with Crippen LogP contribution in [0.25, 0.3) is 0 Å². The first-order chi connectivity index (χ1) is 14.2. The van der Waals surface area contributed by atoms with Gasteiger partial charge in [0.1, 0.15) is 0 Å². The minimum atomic E-state index is -0.268. The molecule has 0 saturated heterocycles.